The van der Waals surface area contributed by atoms with Crippen molar-refractivity contribution in [1.29, 1.82) is 0 Å². The second-order valence-electron chi connectivity index (χ2n) is 4.93. The van der Waals surface area contributed by atoms with E-state index in [4.69, 9.17) is 14.2 Å². The van der Waals surface area contributed by atoms with Crippen molar-refractivity contribution in [2.75, 3.05) is 33.4 Å². The molecule has 98 valence electrons. The van der Waals surface area contributed by atoms with E-state index >= 15 is 0 Å². The zero-order valence-electron chi connectivity index (χ0n) is 10.7. The van der Waals surface area contributed by atoms with Crippen LogP contribution in [0.25, 0.3) is 0 Å². The van der Waals surface area contributed by atoms with Gasteiger partial charge in [-0.05, 0) is 32.0 Å². The molecule has 0 N–H and O–H groups in total. The highest BCUT2D eigenvalue weighted by molar-refractivity contribution is 5.46. The number of hydrogen-bond donors (Lipinski definition) is 0. The highest BCUT2D eigenvalue weighted by Gasteiger charge is 2.19. The molecular weight excluding hydrogens is 230 g/mol. The minimum absolute atomic E-state index is 0.323. The minimum atomic E-state index is 0.323. The van der Waals surface area contributed by atoms with Gasteiger partial charge in [0.1, 0.15) is 25.1 Å². The van der Waals surface area contributed by atoms with Gasteiger partial charge in [-0.1, -0.05) is 0 Å². The van der Waals surface area contributed by atoms with Crippen LogP contribution in [0.1, 0.15) is 12.8 Å². The van der Waals surface area contributed by atoms with Crippen molar-refractivity contribution >= 4 is 0 Å². The molecule has 0 spiro atoms. The van der Waals surface area contributed by atoms with Crippen molar-refractivity contribution in [2.24, 2.45) is 0 Å². The Hall–Kier alpha value is -1.42. The van der Waals surface area contributed by atoms with E-state index in [1.807, 2.05) is 18.2 Å². The van der Waals surface area contributed by atoms with Gasteiger partial charge in [0.2, 0.25) is 0 Å². The molecule has 1 aromatic carbocycles. The summed E-state index contributed by atoms with van der Waals surface area (Å²) in [5.74, 6) is 2.50. The van der Waals surface area contributed by atoms with Crippen LogP contribution in [0.2, 0.25) is 0 Å². The van der Waals surface area contributed by atoms with E-state index in [-0.39, 0.29) is 0 Å². The van der Waals surface area contributed by atoms with Crippen molar-refractivity contribution < 1.29 is 14.2 Å². The summed E-state index contributed by atoms with van der Waals surface area (Å²) in [6, 6.07) is 5.83. The number of ether oxygens (including phenoxy) is 3. The highest BCUT2D eigenvalue weighted by atomic mass is 16.6. The van der Waals surface area contributed by atoms with Crippen LogP contribution in [0.3, 0.4) is 0 Å². The molecule has 3 rings (SSSR count). The molecule has 0 radical (unpaired) electrons. The molecule has 2 heterocycles. The normalized spacial score (nSPS) is 20.7. The maximum Gasteiger partial charge on any atom is 0.165 e. The molecule has 1 fully saturated rings. The minimum Gasteiger partial charge on any atom is -0.490 e. The molecule has 0 atom stereocenters. The van der Waals surface area contributed by atoms with E-state index in [0.29, 0.717) is 19.3 Å². The van der Waals surface area contributed by atoms with Crippen LogP contribution in [0.5, 0.6) is 17.2 Å². The third kappa shape index (κ3) is 2.53. The van der Waals surface area contributed by atoms with Gasteiger partial charge in [0.25, 0.3) is 0 Å². The quantitative estimate of drug-likeness (QED) is 0.801. The Bertz CT molecular complexity index is 414. The Morgan fingerprint density at radius 1 is 1.11 bits per heavy atom. The van der Waals surface area contributed by atoms with Crippen molar-refractivity contribution in [3.8, 4) is 17.2 Å². The molecule has 0 bridgehead atoms. The van der Waals surface area contributed by atoms with Gasteiger partial charge in [0.15, 0.2) is 11.5 Å². The molecule has 4 nitrogen and oxygen atoms in total. The number of nitrogens with zero attached hydrogens (tertiary/aromatic N) is 1. The smallest absolute Gasteiger partial charge is 0.165 e. The first-order valence-corrected chi connectivity index (χ1v) is 6.56. The van der Waals surface area contributed by atoms with Gasteiger partial charge < -0.3 is 19.1 Å². The zero-order valence-corrected chi connectivity index (χ0v) is 10.7. The SMILES string of the molecule is CN1CCC(Oc2ccc3c(c2)OCCO3)CC1. The van der Waals surface area contributed by atoms with Gasteiger partial charge in [0, 0.05) is 19.2 Å². The topological polar surface area (TPSA) is 30.9 Å². The summed E-state index contributed by atoms with van der Waals surface area (Å²) in [7, 11) is 2.15. The fourth-order valence-corrected chi connectivity index (χ4v) is 2.39. The molecule has 0 aliphatic carbocycles. The summed E-state index contributed by atoms with van der Waals surface area (Å²) in [6.07, 6.45) is 2.50. The monoisotopic (exact) mass is 249 g/mol. The summed E-state index contributed by atoms with van der Waals surface area (Å²) < 4.78 is 17.1. The Balaban J connectivity index is 1.66. The molecule has 1 saturated heterocycles. The average molecular weight is 249 g/mol. The standard InChI is InChI=1S/C14H19NO3/c1-15-6-4-11(5-7-15)18-12-2-3-13-14(10-12)17-9-8-16-13/h2-3,10-11H,4-9H2,1H3. The van der Waals surface area contributed by atoms with Gasteiger partial charge in [-0.25, -0.2) is 0 Å². The van der Waals surface area contributed by atoms with Crippen LogP contribution in [0, 0.1) is 0 Å². The lowest BCUT2D eigenvalue weighted by molar-refractivity contribution is 0.113. The maximum absolute atomic E-state index is 6.01. The van der Waals surface area contributed by atoms with Crippen LogP contribution in [0.4, 0.5) is 0 Å². The van der Waals surface area contributed by atoms with Crippen LogP contribution in [0.15, 0.2) is 18.2 Å². The molecule has 4 heteroatoms. The molecule has 0 unspecified atom stereocenters. The van der Waals surface area contributed by atoms with Crippen molar-refractivity contribution in [1.82, 2.24) is 4.90 Å². The number of piperidine rings is 1. The first-order valence-electron chi connectivity index (χ1n) is 6.56. The second-order valence-corrected chi connectivity index (χ2v) is 4.93. The number of likely N-dealkylation sites (tertiary alicyclic amines) is 1. The number of fused-ring (bicyclic) bond motifs is 1. The fraction of sp³-hybridized carbons (Fsp3) is 0.571. The summed E-state index contributed by atoms with van der Waals surface area (Å²) in [5, 5.41) is 0. The molecule has 0 amide bonds. The molecular formula is C14H19NO3. The lowest BCUT2D eigenvalue weighted by atomic mass is 10.1. The van der Waals surface area contributed by atoms with Gasteiger partial charge in [-0.3, -0.25) is 0 Å². The lowest BCUT2D eigenvalue weighted by Gasteiger charge is -2.29. The second kappa shape index (κ2) is 5.06. The van der Waals surface area contributed by atoms with Crippen LogP contribution in [-0.2, 0) is 0 Å². The predicted molar refractivity (Wildman–Crippen MR) is 68.6 cm³/mol. The van der Waals surface area contributed by atoms with Crippen molar-refractivity contribution in [3.63, 3.8) is 0 Å². The van der Waals surface area contributed by atoms with Gasteiger partial charge in [0.05, 0.1) is 0 Å². The number of hydrogen-bond acceptors (Lipinski definition) is 4. The van der Waals surface area contributed by atoms with Crippen LogP contribution < -0.4 is 14.2 Å². The first kappa shape index (κ1) is 11.7. The first-order chi connectivity index (χ1) is 8.81. The Morgan fingerprint density at radius 3 is 2.61 bits per heavy atom. The van der Waals surface area contributed by atoms with Crippen molar-refractivity contribution in [2.45, 2.75) is 18.9 Å². The average Bonchev–Trinajstić information content (AvgIpc) is 2.41. The van der Waals surface area contributed by atoms with Gasteiger partial charge >= 0.3 is 0 Å². The maximum atomic E-state index is 6.01. The third-order valence-corrected chi connectivity index (χ3v) is 3.48. The molecule has 0 aromatic heterocycles. The molecule has 2 aliphatic rings. The van der Waals surface area contributed by atoms with Gasteiger partial charge in [-0.2, -0.15) is 0 Å². The van der Waals surface area contributed by atoms with E-state index < -0.39 is 0 Å². The third-order valence-electron chi connectivity index (χ3n) is 3.48. The summed E-state index contributed by atoms with van der Waals surface area (Å²) >= 11 is 0. The van der Waals surface area contributed by atoms with Crippen LogP contribution in [-0.4, -0.2) is 44.4 Å². The lowest BCUT2D eigenvalue weighted by Crippen LogP contribution is -2.35. The van der Waals surface area contributed by atoms with E-state index in [1.54, 1.807) is 0 Å². The summed E-state index contributed by atoms with van der Waals surface area (Å²) in [4.78, 5) is 2.34. The highest BCUT2D eigenvalue weighted by Crippen LogP contribution is 2.34. The number of rotatable bonds is 2. The number of benzene rings is 1. The molecule has 0 saturated carbocycles. The fourth-order valence-electron chi connectivity index (χ4n) is 2.39. The molecule has 18 heavy (non-hydrogen) atoms. The van der Waals surface area contributed by atoms with Crippen LogP contribution >= 0.6 is 0 Å². The largest absolute Gasteiger partial charge is 0.490 e. The Kier molecular flexibility index (Phi) is 3.28. The Labute approximate surface area is 107 Å². The van der Waals surface area contributed by atoms with Gasteiger partial charge in [-0.15, -0.1) is 0 Å². The van der Waals surface area contributed by atoms with E-state index in [1.165, 1.54) is 0 Å². The Morgan fingerprint density at radius 2 is 1.83 bits per heavy atom. The van der Waals surface area contributed by atoms with E-state index in [0.717, 1.165) is 43.2 Å². The molecule has 1 aromatic rings. The van der Waals surface area contributed by atoms with E-state index in [2.05, 4.69) is 11.9 Å². The predicted octanol–water partition coefficient (Wildman–Crippen LogP) is 1.93. The van der Waals surface area contributed by atoms with Crippen molar-refractivity contribution in [3.05, 3.63) is 18.2 Å². The molecule has 2 aliphatic heterocycles. The summed E-state index contributed by atoms with van der Waals surface area (Å²) in [6.45, 7) is 3.46. The summed E-state index contributed by atoms with van der Waals surface area (Å²) in [5.41, 5.74) is 0. The zero-order chi connectivity index (χ0) is 12.4. The van der Waals surface area contributed by atoms with E-state index in [9.17, 15) is 0 Å².